The Bertz CT molecular complexity index is 486. The molecule has 0 spiro atoms. The van der Waals surface area contributed by atoms with Gasteiger partial charge in [0.05, 0.1) is 5.69 Å². The molecule has 2 aliphatic heterocycles. The zero-order valence-corrected chi connectivity index (χ0v) is 14.4. The van der Waals surface area contributed by atoms with Gasteiger partial charge in [-0.3, -0.25) is 4.90 Å². The first-order valence-electron chi connectivity index (χ1n) is 7.83. The summed E-state index contributed by atoms with van der Waals surface area (Å²) in [6.45, 7) is 10.6. The summed E-state index contributed by atoms with van der Waals surface area (Å²) < 4.78 is 1.24. The molecule has 2 heterocycles. The summed E-state index contributed by atoms with van der Waals surface area (Å²) >= 11 is 3.78. The summed E-state index contributed by atoms with van der Waals surface area (Å²) in [5.74, 6) is 0.685. The van der Waals surface area contributed by atoms with Crippen molar-refractivity contribution in [3.05, 3.63) is 28.2 Å². The molecule has 0 radical (unpaired) electrons. The highest BCUT2D eigenvalue weighted by Crippen LogP contribution is 2.35. The summed E-state index contributed by atoms with van der Waals surface area (Å²) in [7, 11) is 0. The van der Waals surface area contributed by atoms with Crippen LogP contribution in [-0.2, 0) is 0 Å². The number of hydrogen-bond acceptors (Lipinski definition) is 2. The average molecular weight is 337 g/mol. The maximum atomic E-state index is 3.78. The van der Waals surface area contributed by atoms with E-state index in [9.17, 15) is 0 Å². The van der Waals surface area contributed by atoms with Crippen molar-refractivity contribution in [3.63, 3.8) is 0 Å². The number of piperazine rings is 1. The van der Waals surface area contributed by atoms with Crippen LogP contribution in [0.1, 0.15) is 32.3 Å². The van der Waals surface area contributed by atoms with Crippen LogP contribution in [0.2, 0.25) is 0 Å². The molecule has 0 saturated carbocycles. The lowest BCUT2D eigenvalue weighted by atomic mass is 9.96. The number of fused-ring (bicyclic) bond motifs is 1. The highest BCUT2D eigenvalue weighted by molar-refractivity contribution is 9.10. The van der Waals surface area contributed by atoms with E-state index in [0.29, 0.717) is 12.0 Å². The fraction of sp³-hybridized carbons (Fsp3) is 0.647. The van der Waals surface area contributed by atoms with Gasteiger partial charge in [0, 0.05) is 29.6 Å². The van der Waals surface area contributed by atoms with Crippen LogP contribution in [0.3, 0.4) is 0 Å². The van der Waals surface area contributed by atoms with E-state index in [1.165, 1.54) is 48.2 Å². The van der Waals surface area contributed by atoms with Crippen molar-refractivity contribution in [1.82, 2.24) is 4.90 Å². The number of halogens is 1. The van der Waals surface area contributed by atoms with Crippen LogP contribution in [0, 0.1) is 12.8 Å². The van der Waals surface area contributed by atoms with Crippen molar-refractivity contribution in [1.29, 1.82) is 0 Å². The standard InChI is InChI=1S/C17H25BrN2/c1-12(2)17-11-19-8-4-5-14(19)10-20(17)16-7-6-13(3)9-15(16)18/h6-7,9,12,14,17H,4-5,8,10-11H2,1-3H3. The fourth-order valence-electron chi connectivity index (χ4n) is 3.74. The van der Waals surface area contributed by atoms with Crippen LogP contribution in [0.4, 0.5) is 5.69 Å². The first-order valence-corrected chi connectivity index (χ1v) is 8.62. The van der Waals surface area contributed by atoms with E-state index in [1.807, 2.05) is 0 Å². The predicted octanol–water partition coefficient (Wildman–Crippen LogP) is 4.07. The molecule has 20 heavy (non-hydrogen) atoms. The minimum absolute atomic E-state index is 0.628. The third-order valence-electron chi connectivity index (χ3n) is 4.91. The van der Waals surface area contributed by atoms with Gasteiger partial charge < -0.3 is 4.90 Å². The minimum atomic E-state index is 0.628. The number of benzene rings is 1. The van der Waals surface area contributed by atoms with E-state index in [-0.39, 0.29) is 0 Å². The molecule has 2 aliphatic rings. The molecule has 0 amide bonds. The normalized spacial score (nSPS) is 27.1. The van der Waals surface area contributed by atoms with Gasteiger partial charge in [0.25, 0.3) is 0 Å². The summed E-state index contributed by atoms with van der Waals surface area (Å²) in [6, 6.07) is 8.16. The third-order valence-corrected chi connectivity index (χ3v) is 5.55. The first kappa shape index (κ1) is 14.4. The van der Waals surface area contributed by atoms with Crippen molar-refractivity contribution in [2.75, 3.05) is 24.5 Å². The van der Waals surface area contributed by atoms with Gasteiger partial charge in [0.15, 0.2) is 0 Å². The Hall–Kier alpha value is -0.540. The molecule has 0 aliphatic carbocycles. The molecule has 2 fully saturated rings. The van der Waals surface area contributed by atoms with E-state index in [4.69, 9.17) is 0 Å². The molecule has 0 N–H and O–H groups in total. The molecule has 2 nitrogen and oxygen atoms in total. The van der Waals surface area contributed by atoms with Gasteiger partial charge in [0.1, 0.15) is 0 Å². The number of nitrogens with zero attached hydrogens (tertiary/aromatic N) is 2. The van der Waals surface area contributed by atoms with E-state index < -0.39 is 0 Å². The van der Waals surface area contributed by atoms with Gasteiger partial charge in [-0.25, -0.2) is 0 Å². The second-order valence-corrected chi connectivity index (χ2v) is 7.56. The van der Waals surface area contributed by atoms with Gasteiger partial charge in [-0.15, -0.1) is 0 Å². The van der Waals surface area contributed by atoms with Crippen LogP contribution >= 0.6 is 15.9 Å². The van der Waals surface area contributed by atoms with Gasteiger partial charge in [-0.1, -0.05) is 19.9 Å². The van der Waals surface area contributed by atoms with E-state index in [1.54, 1.807) is 0 Å². The van der Waals surface area contributed by atoms with Crippen LogP contribution < -0.4 is 4.90 Å². The van der Waals surface area contributed by atoms with Crippen LogP contribution in [0.15, 0.2) is 22.7 Å². The van der Waals surface area contributed by atoms with Gasteiger partial charge in [-0.05, 0) is 65.9 Å². The van der Waals surface area contributed by atoms with Crippen LogP contribution in [0.5, 0.6) is 0 Å². The number of rotatable bonds is 2. The highest BCUT2D eigenvalue weighted by atomic mass is 79.9. The molecule has 0 bridgehead atoms. The summed E-state index contributed by atoms with van der Waals surface area (Å²) in [6.07, 6.45) is 2.74. The van der Waals surface area contributed by atoms with Crippen molar-refractivity contribution in [3.8, 4) is 0 Å². The quantitative estimate of drug-likeness (QED) is 0.803. The largest absolute Gasteiger partial charge is 0.365 e. The predicted molar refractivity (Wildman–Crippen MR) is 89.4 cm³/mol. The summed E-state index contributed by atoms with van der Waals surface area (Å²) in [4.78, 5) is 5.37. The molecule has 3 heteroatoms. The fourth-order valence-corrected chi connectivity index (χ4v) is 4.46. The zero-order chi connectivity index (χ0) is 14.3. The van der Waals surface area contributed by atoms with Crippen molar-refractivity contribution < 1.29 is 0 Å². The summed E-state index contributed by atoms with van der Waals surface area (Å²) in [5, 5.41) is 0. The lowest BCUT2D eigenvalue weighted by molar-refractivity contribution is 0.176. The smallest absolute Gasteiger partial charge is 0.0514 e. The minimum Gasteiger partial charge on any atom is -0.365 e. The Morgan fingerprint density at radius 3 is 2.75 bits per heavy atom. The van der Waals surface area contributed by atoms with Gasteiger partial charge >= 0.3 is 0 Å². The molecule has 0 aromatic heterocycles. The molecule has 1 aromatic carbocycles. The van der Waals surface area contributed by atoms with Crippen LogP contribution in [0.25, 0.3) is 0 Å². The van der Waals surface area contributed by atoms with Crippen molar-refractivity contribution in [2.24, 2.45) is 5.92 Å². The summed E-state index contributed by atoms with van der Waals surface area (Å²) in [5.41, 5.74) is 2.70. The van der Waals surface area contributed by atoms with E-state index in [0.717, 1.165) is 6.04 Å². The monoisotopic (exact) mass is 336 g/mol. The Balaban J connectivity index is 1.91. The Kier molecular flexibility index (Phi) is 4.09. The lowest BCUT2D eigenvalue weighted by Crippen LogP contribution is -2.58. The third kappa shape index (κ3) is 2.62. The molecule has 1 aromatic rings. The average Bonchev–Trinajstić information content (AvgIpc) is 2.84. The molecule has 2 atom stereocenters. The zero-order valence-electron chi connectivity index (χ0n) is 12.8. The van der Waals surface area contributed by atoms with Crippen molar-refractivity contribution in [2.45, 2.75) is 45.7 Å². The van der Waals surface area contributed by atoms with Crippen LogP contribution in [-0.4, -0.2) is 36.6 Å². The second kappa shape index (κ2) is 5.69. The Labute approximate surface area is 131 Å². The lowest BCUT2D eigenvalue weighted by Gasteiger charge is -2.47. The molecular formula is C17H25BrN2. The van der Waals surface area contributed by atoms with Gasteiger partial charge in [-0.2, -0.15) is 0 Å². The molecular weight excluding hydrogens is 312 g/mol. The molecule has 2 saturated heterocycles. The SMILES string of the molecule is Cc1ccc(N2CC3CCCN3CC2C(C)C)c(Br)c1. The number of hydrogen-bond donors (Lipinski definition) is 0. The Morgan fingerprint density at radius 2 is 2.05 bits per heavy atom. The second-order valence-electron chi connectivity index (χ2n) is 6.71. The first-order chi connectivity index (χ1) is 9.56. The highest BCUT2D eigenvalue weighted by Gasteiger charge is 2.37. The van der Waals surface area contributed by atoms with Crippen molar-refractivity contribution >= 4 is 21.6 Å². The topological polar surface area (TPSA) is 6.48 Å². The molecule has 110 valence electrons. The molecule has 3 rings (SSSR count). The maximum Gasteiger partial charge on any atom is 0.0514 e. The maximum absolute atomic E-state index is 3.78. The van der Waals surface area contributed by atoms with E-state index in [2.05, 4.69) is 64.7 Å². The number of anilines is 1. The van der Waals surface area contributed by atoms with Gasteiger partial charge in [0.2, 0.25) is 0 Å². The Morgan fingerprint density at radius 1 is 1.25 bits per heavy atom. The molecule has 2 unspecified atom stereocenters. The van der Waals surface area contributed by atoms with E-state index >= 15 is 0 Å². The number of aryl methyl sites for hydroxylation is 1.